The molecule has 0 aromatic carbocycles. The molecule has 0 aromatic heterocycles. The average Bonchev–Trinajstić information content (AvgIpc) is 3.54. The van der Waals surface area contributed by atoms with Gasteiger partial charge in [0.25, 0.3) is 0 Å². The van der Waals surface area contributed by atoms with Crippen LogP contribution in [0.4, 0.5) is 0 Å². The molecule has 42 heavy (non-hydrogen) atoms. The van der Waals surface area contributed by atoms with Gasteiger partial charge in [-0.25, -0.2) is 0 Å². The number of rotatable bonds is 0. The molecule has 3 heterocycles. The molecule has 3 N–H and O–H groups in total. The van der Waals surface area contributed by atoms with Crippen molar-refractivity contribution in [1.82, 2.24) is 15.1 Å². The van der Waals surface area contributed by atoms with Gasteiger partial charge in [-0.2, -0.15) is 0 Å². The molecular weight excluding hydrogens is 906 g/mol. The molecule has 6 aliphatic rings. The number of fused-ring (bicyclic) bond motifs is 3. The molecule has 0 amide bonds. The van der Waals surface area contributed by atoms with Crippen molar-refractivity contribution < 1.29 is 19.9 Å². The maximum atomic E-state index is 10.9. The van der Waals surface area contributed by atoms with Gasteiger partial charge in [0.05, 0.1) is 11.2 Å². The van der Waals surface area contributed by atoms with E-state index in [1.54, 1.807) is 0 Å². The monoisotopic (exact) mass is 977 g/mol. The normalized spacial score (nSPS) is 36.9. The zero-order chi connectivity index (χ0) is 28.0. The molecule has 0 aromatic rings. The number of carbonyl (C=O) groups excluding carboxylic acids is 1. The third-order valence-corrected chi connectivity index (χ3v) is 8.79. The van der Waals surface area contributed by atoms with Crippen LogP contribution in [0.2, 0.25) is 0 Å². The van der Waals surface area contributed by atoms with E-state index in [1.807, 2.05) is 27.7 Å². The van der Waals surface area contributed by atoms with Crippen molar-refractivity contribution in [2.45, 2.75) is 115 Å². The Hall–Kier alpha value is 2.24. The fourth-order valence-electron chi connectivity index (χ4n) is 7.63. The molecule has 6 fully saturated rings. The molecule has 3 aliphatic carbocycles. The predicted octanol–water partition coefficient (Wildman–Crippen LogP) is 8.46. The number of likely N-dealkylation sites (tertiary alicyclic amines) is 2. The summed E-state index contributed by atoms with van der Waals surface area (Å²) in [5.74, 6) is 4.97. The van der Waals surface area contributed by atoms with Crippen molar-refractivity contribution in [3.05, 3.63) is 0 Å². The molecule has 6 nitrogen and oxygen atoms in total. The van der Waals surface area contributed by atoms with Gasteiger partial charge in [-0.1, -0.05) is 51.0 Å². The molecule has 6 unspecified atom stereocenters. The Balaban J connectivity index is -0.000000224. The topological polar surface area (TPSA) is 76.0 Å². The van der Waals surface area contributed by atoms with E-state index in [2.05, 4.69) is 89.1 Å². The Labute approximate surface area is 301 Å². The van der Waals surface area contributed by atoms with E-state index in [9.17, 15) is 15.0 Å². The van der Waals surface area contributed by atoms with Crippen LogP contribution in [0.25, 0.3) is 0 Å². The Morgan fingerprint density at radius 2 is 0.929 bits per heavy atom. The van der Waals surface area contributed by atoms with Gasteiger partial charge in [-0.15, -0.1) is 0 Å². The molecular formula is C32H71I3N3O3V. The van der Waals surface area contributed by atoms with E-state index >= 15 is 0 Å². The summed E-state index contributed by atoms with van der Waals surface area (Å²) in [4.78, 5) is 15.4. The second-order valence-corrected chi connectivity index (χ2v) is 48.0. The number of aliphatic hydroxyl groups is 2. The van der Waals surface area contributed by atoms with Gasteiger partial charge < -0.3 is 25.3 Å². The van der Waals surface area contributed by atoms with Crippen LogP contribution in [0.3, 0.4) is 0 Å². The van der Waals surface area contributed by atoms with E-state index in [1.165, 1.54) is 13.1 Å². The number of Topliss-reactive ketones (excluding diaryl/α,β-unsaturated/α-hetero) is 1. The third kappa shape index (κ3) is 17.4. The van der Waals surface area contributed by atoms with E-state index in [0.29, 0.717) is 17.6 Å². The average molecular weight is 978 g/mol. The van der Waals surface area contributed by atoms with Gasteiger partial charge in [0.2, 0.25) is 0 Å². The van der Waals surface area contributed by atoms with Crippen molar-refractivity contribution in [2.75, 3.05) is 53.4 Å². The van der Waals surface area contributed by atoms with Gasteiger partial charge in [0.1, 0.15) is 5.78 Å². The zero-order valence-corrected chi connectivity index (χ0v) is 31.6. The van der Waals surface area contributed by atoms with Gasteiger partial charge in [-0.3, -0.25) is 4.79 Å². The molecule has 258 valence electrons. The summed E-state index contributed by atoms with van der Waals surface area (Å²) in [6, 6.07) is 0. The summed E-state index contributed by atoms with van der Waals surface area (Å²) < 4.78 is 0. The first-order valence-corrected chi connectivity index (χ1v) is 27.6. The molecule has 6 atom stereocenters. The van der Waals surface area contributed by atoms with Crippen molar-refractivity contribution >= 4 is 65.7 Å². The first kappa shape index (κ1) is 51.1. The van der Waals surface area contributed by atoms with Crippen molar-refractivity contribution in [3.8, 4) is 0 Å². The molecule has 3 saturated carbocycles. The minimum atomic E-state index is -0.351. The van der Waals surface area contributed by atoms with E-state index in [0.717, 1.165) is 88.4 Å². The van der Waals surface area contributed by atoms with Crippen molar-refractivity contribution in [3.63, 3.8) is 0 Å². The van der Waals surface area contributed by atoms with Crippen molar-refractivity contribution in [1.29, 1.82) is 0 Å². The Morgan fingerprint density at radius 3 is 1.24 bits per heavy atom. The van der Waals surface area contributed by atoms with Crippen LogP contribution in [-0.2, 0) is 9.72 Å². The van der Waals surface area contributed by atoms with Gasteiger partial charge in [-0.05, 0) is 102 Å². The van der Waals surface area contributed by atoms with Crippen LogP contribution in [0.1, 0.15) is 103 Å². The summed E-state index contributed by atoms with van der Waals surface area (Å²) >= 11 is 7.39. The summed E-state index contributed by atoms with van der Waals surface area (Å²) in [5, 5.41) is 22.8. The van der Waals surface area contributed by atoms with Crippen LogP contribution < -0.4 is 5.32 Å². The maximum absolute atomic E-state index is 10.9. The summed E-state index contributed by atoms with van der Waals surface area (Å²) in [7, 11) is 4.32. The van der Waals surface area contributed by atoms with Crippen LogP contribution >= 0.6 is 59.9 Å². The molecule has 6 rings (SSSR count). The summed E-state index contributed by atoms with van der Waals surface area (Å²) in [6.45, 7) is 14.9. The number of ketones is 1. The Bertz CT molecular complexity index is 669. The third-order valence-electron chi connectivity index (χ3n) is 8.79. The molecule has 0 spiro atoms. The van der Waals surface area contributed by atoms with E-state index in [-0.39, 0.29) is 53.3 Å². The first-order chi connectivity index (χ1) is 17.2. The number of nitrogens with zero attached hydrogens (tertiary/aromatic N) is 2. The quantitative estimate of drug-likeness (QED) is 0.212. The molecule has 0 radical (unpaired) electrons. The summed E-state index contributed by atoms with van der Waals surface area (Å²) in [6.07, 6.45) is 5.75. The standard InChI is InChI=1S/C9H17NO.C8H13NO.C8H15NO.C2H6.5CH4.3HI.V/c1-9(11)3-7-5-10(2)6-8(7)4-9;1-9-4-6-2-8(10)3-7(6)5-9;1-8(10)2-6-4-9-5-7(6)3-8;1-2;;;;;;;;;/h7-8,11H,3-6H2,1-2H3;6-7H,2-5H2,1H3;6-7,9-10H,2-5H2,1H3;1-2H3;5*1H4;3*1H;/q;;;;;;;;;;;;+3/p-3. The number of carbonyl (C=O) groups is 1. The van der Waals surface area contributed by atoms with Crippen LogP contribution in [0, 0.1) is 35.5 Å². The predicted molar refractivity (Wildman–Crippen MR) is 210 cm³/mol. The molecule has 3 saturated heterocycles. The number of hydrogen-bond donors (Lipinski definition) is 3. The van der Waals surface area contributed by atoms with Crippen LogP contribution in [0.15, 0.2) is 0 Å². The van der Waals surface area contributed by atoms with Crippen molar-refractivity contribution in [2.24, 2.45) is 35.5 Å². The first-order valence-electron chi connectivity index (χ1n) is 14.0. The van der Waals surface area contributed by atoms with Crippen LogP contribution in [-0.4, -0.2) is 90.4 Å². The zero-order valence-electron chi connectivity index (χ0n) is 23.7. The Kier molecular flexibility index (Phi) is 28.6. The van der Waals surface area contributed by atoms with Gasteiger partial charge in [0, 0.05) is 39.0 Å². The van der Waals surface area contributed by atoms with E-state index in [4.69, 9.17) is 0 Å². The molecule has 10 heteroatoms. The fourth-order valence-corrected chi connectivity index (χ4v) is 7.63. The summed E-state index contributed by atoms with van der Waals surface area (Å²) in [5.41, 5.74) is -0.700. The second-order valence-electron chi connectivity index (χ2n) is 12.6. The molecule has 3 aliphatic heterocycles. The van der Waals surface area contributed by atoms with Gasteiger partial charge in [0.15, 0.2) is 0 Å². The number of nitrogens with one attached hydrogen (secondary N) is 1. The SMILES string of the molecule is C.C.C.C.C.CC.CC1(O)CC2CNCC2C1.CN1CC2CC(=O)CC2C1.CN1CC2CC(C)(O)CC2C1.[I][V]([I])[I]. The van der Waals surface area contributed by atoms with Crippen LogP contribution in [0.5, 0.6) is 0 Å². The second kappa shape index (κ2) is 23.6. The number of halogens is 3. The Morgan fingerprint density at radius 1 is 0.667 bits per heavy atom. The molecule has 0 bridgehead atoms. The van der Waals surface area contributed by atoms with Gasteiger partial charge >= 0.3 is 64.9 Å². The number of hydrogen-bond acceptors (Lipinski definition) is 6. The minimum absolute atomic E-state index is 0. The van der Waals surface area contributed by atoms with E-state index < -0.39 is 0 Å². The fraction of sp³-hybridized carbons (Fsp3) is 0.969.